The lowest BCUT2D eigenvalue weighted by molar-refractivity contribution is 0.0215. The van der Waals surface area contributed by atoms with Gasteiger partial charge in [0.25, 0.3) is 0 Å². The van der Waals surface area contributed by atoms with Crippen molar-refractivity contribution in [1.82, 2.24) is 5.32 Å². The molecule has 0 bridgehead atoms. The fourth-order valence-corrected chi connectivity index (χ4v) is 3.54. The molecule has 0 aromatic carbocycles. The molecule has 0 aromatic rings. The topological polar surface area (TPSA) is 32.3 Å². The molecule has 2 saturated carbocycles. The summed E-state index contributed by atoms with van der Waals surface area (Å²) >= 11 is 0. The van der Waals surface area contributed by atoms with Gasteiger partial charge in [-0.15, -0.1) is 0 Å². The fourth-order valence-electron chi connectivity index (χ4n) is 3.54. The quantitative estimate of drug-likeness (QED) is 0.738. The van der Waals surface area contributed by atoms with Gasteiger partial charge in [0.15, 0.2) is 0 Å². The zero-order chi connectivity index (χ0) is 12.1. The summed E-state index contributed by atoms with van der Waals surface area (Å²) in [6.07, 6.45) is 12.6. The first-order valence-electron chi connectivity index (χ1n) is 7.65. The summed E-state index contributed by atoms with van der Waals surface area (Å²) in [5, 5.41) is 14.2. The first-order valence-corrected chi connectivity index (χ1v) is 7.65. The summed E-state index contributed by atoms with van der Waals surface area (Å²) in [6, 6.07) is 0.588. The maximum absolute atomic E-state index is 10.6. The molecule has 100 valence electrons. The molecule has 0 unspecified atom stereocenters. The number of aliphatic hydroxyl groups is 1. The van der Waals surface area contributed by atoms with E-state index in [4.69, 9.17) is 0 Å². The van der Waals surface area contributed by atoms with E-state index in [9.17, 15) is 5.11 Å². The van der Waals surface area contributed by atoms with Gasteiger partial charge in [-0.25, -0.2) is 0 Å². The molecule has 0 heterocycles. The molecule has 0 amide bonds. The van der Waals surface area contributed by atoms with Crippen LogP contribution in [0, 0.1) is 5.92 Å². The molecule has 0 spiro atoms. The van der Waals surface area contributed by atoms with E-state index in [1.54, 1.807) is 0 Å². The van der Waals surface area contributed by atoms with Crippen LogP contribution in [0.25, 0.3) is 0 Å². The highest BCUT2D eigenvalue weighted by Gasteiger charge is 2.29. The van der Waals surface area contributed by atoms with Crippen molar-refractivity contribution in [3.63, 3.8) is 0 Å². The molecule has 0 aromatic heterocycles. The van der Waals surface area contributed by atoms with E-state index < -0.39 is 5.60 Å². The Bertz CT molecular complexity index is 215. The van der Waals surface area contributed by atoms with Crippen LogP contribution in [0.1, 0.15) is 71.1 Å². The zero-order valence-corrected chi connectivity index (χ0v) is 11.4. The predicted octanol–water partition coefficient (Wildman–Crippen LogP) is 3.24. The van der Waals surface area contributed by atoms with Crippen LogP contribution in [0.2, 0.25) is 0 Å². The fraction of sp³-hybridized carbons (Fsp3) is 1.00. The number of hydrogen-bond donors (Lipinski definition) is 2. The molecule has 2 rings (SSSR count). The molecule has 2 aliphatic rings. The van der Waals surface area contributed by atoms with E-state index >= 15 is 0 Å². The Labute approximate surface area is 106 Å². The molecule has 0 saturated heterocycles. The molecular formula is C15H29NO. The Morgan fingerprint density at radius 2 is 1.65 bits per heavy atom. The van der Waals surface area contributed by atoms with Gasteiger partial charge in [0.05, 0.1) is 5.60 Å². The molecule has 17 heavy (non-hydrogen) atoms. The van der Waals surface area contributed by atoms with E-state index in [0.29, 0.717) is 6.04 Å². The van der Waals surface area contributed by atoms with Gasteiger partial charge in [-0.3, -0.25) is 0 Å². The predicted molar refractivity (Wildman–Crippen MR) is 72.1 cm³/mol. The largest absolute Gasteiger partial charge is 0.389 e. The first kappa shape index (κ1) is 13.4. The zero-order valence-electron chi connectivity index (χ0n) is 11.4. The molecule has 2 N–H and O–H groups in total. The highest BCUT2D eigenvalue weighted by atomic mass is 16.3. The lowest BCUT2D eigenvalue weighted by Crippen LogP contribution is -2.45. The summed E-state index contributed by atoms with van der Waals surface area (Å²) in [7, 11) is 0. The molecule has 2 fully saturated rings. The van der Waals surface area contributed by atoms with Crippen molar-refractivity contribution in [2.24, 2.45) is 5.92 Å². The van der Waals surface area contributed by atoms with Gasteiger partial charge in [-0.05, 0) is 38.5 Å². The standard InChI is InChI=1S/C15H29NO/c1-13(14-8-4-5-9-14)16-12-15(17)10-6-2-3-7-11-15/h13-14,16-17H,2-12H2,1H3/t13-/m1/s1. The third-order valence-corrected chi connectivity index (χ3v) is 4.89. The van der Waals surface area contributed by atoms with Crippen molar-refractivity contribution in [2.45, 2.75) is 82.8 Å². The Morgan fingerprint density at radius 3 is 2.24 bits per heavy atom. The number of rotatable bonds is 4. The maximum Gasteiger partial charge on any atom is 0.0771 e. The van der Waals surface area contributed by atoms with Crippen LogP contribution >= 0.6 is 0 Å². The molecule has 1 atom stereocenters. The SMILES string of the molecule is C[C@@H](NCC1(O)CCCCCC1)C1CCCC1. The van der Waals surface area contributed by atoms with Crippen molar-refractivity contribution in [1.29, 1.82) is 0 Å². The average molecular weight is 239 g/mol. The molecule has 2 nitrogen and oxygen atoms in total. The highest BCUT2D eigenvalue weighted by Crippen LogP contribution is 2.29. The van der Waals surface area contributed by atoms with Crippen LogP contribution in [0.4, 0.5) is 0 Å². The second-order valence-corrected chi connectivity index (χ2v) is 6.35. The van der Waals surface area contributed by atoms with Crippen molar-refractivity contribution in [3.8, 4) is 0 Å². The molecule has 2 aliphatic carbocycles. The Kier molecular flexibility index (Phi) is 4.87. The highest BCUT2D eigenvalue weighted by molar-refractivity contribution is 4.86. The number of hydrogen-bond acceptors (Lipinski definition) is 2. The third-order valence-electron chi connectivity index (χ3n) is 4.89. The van der Waals surface area contributed by atoms with Gasteiger partial charge in [0.1, 0.15) is 0 Å². The van der Waals surface area contributed by atoms with E-state index in [2.05, 4.69) is 12.2 Å². The summed E-state index contributed by atoms with van der Waals surface area (Å²) in [5.74, 6) is 0.851. The Morgan fingerprint density at radius 1 is 1.06 bits per heavy atom. The van der Waals surface area contributed by atoms with Crippen LogP contribution in [0.15, 0.2) is 0 Å². The summed E-state index contributed by atoms with van der Waals surface area (Å²) < 4.78 is 0. The van der Waals surface area contributed by atoms with Crippen molar-refractivity contribution < 1.29 is 5.11 Å². The van der Waals surface area contributed by atoms with E-state index in [-0.39, 0.29) is 0 Å². The van der Waals surface area contributed by atoms with Gasteiger partial charge in [0.2, 0.25) is 0 Å². The number of nitrogens with one attached hydrogen (secondary N) is 1. The summed E-state index contributed by atoms with van der Waals surface area (Å²) in [6.45, 7) is 3.11. The molecule has 2 heteroatoms. The third kappa shape index (κ3) is 3.96. The van der Waals surface area contributed by atoms with Crippen LogP contribution in [0.5, 0.6) is 0 Å². The smallest absolute Gasteiger partial charge is 0.0771 e. The monoisotopic (exact) mass is 239 g/mol. The van der Waals surface area contributed by atoms with Crippen molar-refractivity contribution in [3.05, 3.63) is 0 Å². The second-order valence-electron chi connectivity index (χ2n) is 6.35. The molecular weight excluding hydrogens is 210 g/mol. The van der Waals surface area contributed by atoms with Gasteiger partial charge in [-0.2, -0.15) is 0 Å². The summed E-state index contributed by atoms with van der Waals surface area (Å²) in [5.41, 5.74) is -0.413. The van der Waals surface area contributed by atoms with Crippen LogP contribution in [-0.2, 0) is 0 Å². The summed E-state index contributed by atoms with van der Waals surface area (Å²) in [4.78, 5) is 0. The lowest BCUT2D eigenvalue weighted by atomic mass is 9.93. The molecule has 0 aliphatic heterocycles. The van der Waals surface area contributed by atoms with E-state index in [0.717, 1.165) is 25.3 Å². The van der Waals surface area contributed by atoms with E-state index in [1.807, 2.05) is 0 Å². The maximum atomic E-state index is 10.6. The Hall–Kier alpha value is -0.0800. The second kappa shape index (κ2) is 6.19. The minimum absolute atomic E-state index is 0.413. The van der Waals surface area contributed by atoms with Crippen LogP contribution < -0.4 is 5.32 Å². The average Bonchev–Trinajstić information content (AvgIpc) is 2.77. The van der Waals surface area contributed by atoms with E-state index in [1.165, 1.54) is 51.4 Å². The van der Waals surface area contributed by atoms with Gasteiger partial charge in [0, 0.05) is 12.6 Å². The van der Waals surface area contributed by atoms with Crippen LogP contribution in [0.3, 0.4) is 0 Å². The van der Waals surface area contributed by atoms with Crippen LogP contribution in [-0.4, -0.2) is 23.3 Å². The lowest BCUT2D eigenvalue weighted by Gasteiger charge is -2.30. The first-order chi connectivity index (χ1) is 8.20. The van der Waals surface area contributed by atoms with Gasteiger partial charge >= 0.3 is 0 Å². The van der Waals surface area contributed by atoms with Gasteiger partial charge < -0.3 is 10.4 Å². The normalized spacial score (nSPS) is 27.9. The molecule has 0 radical (unpaired) electrons. The minimum atomic E-state index is -0.413. The Balaban J connectivity index is 1.75. The van der Waals surface area contributed by atoms with Crippen molar-refractivity contribution in [2.75, 3.05) is 6.54 Å². The van der Waals surface area contributed by atoms with Gasteiger partial charge in [-0.1, -0.05) is 38.5 Å². The van der Waals surface area contributed by atoms with Crippen molar-refractivity contribution >= 4 is 0 Å². The minimum Gasteiger partial charge on any atom is -0.389 e.